The first-order valence-electron chi connectivity index (χ1n) is 8.06. The molecule has 0 aromatic rings. The van der Waals surface area contributed by atoms with Crippen molar-refractivity contribution in [2.45, 2.75) is 51.0 Å². The fourth-order valence-corrected chi connectivity index (χ4v) is 3.52. The number of amides is 3. The minimum Gasteiger partial charge on any atom is -0.456 e. The molecule has 0 unspecified atom stereocenters. The Hall–Kier alpha value is -1.79. The van der Waals surface area contributed by atoms with E-state index in [1.807, 2.05) is 4.90 Å². The van der Waals surface area contributed by atoms with Gasteiger partial charge in [-0.25, -0.2) is 4.79 Å². The van der Waals surface area contributed by atoms with Gasteiger partial charge < -0.3 is 20.7 Å². The zero-order valence-corrected chi connectivity index (χ0v) is 12.9. The molecule has 1 saturated heterocycles. The summed E-state index contributed by atoms with van der Waals surface area (Å²) >= 11 is 0. The van der Waals surface area contributed by atoms with Gasteiger partial charge in [0.1, 0.15) is 0 Å². The third kappa shape index (κ3) is 4.61. The Labute approximate surface area is 130 Å². The lowest BCUT2D eigenvalue weighted by Gasteiger charge is -2.44. The predicted octanol–water partition coefficient (Wildman–Crippen LogP) is 0.769. The number of fused-ring (bicyclic) bond motifs is 1. The normalized spacial score (nSPS) is 24.3. The number of piperidine rings is 1. The molecule has 0 radical (unpaired) electrons. The first-order valence-corrected chi connectivity index (χ1v) is 8.06. The molecule has 7 nitrogen and oxygen atoms in total. The molecule has 0 spiro atoms. The van der Waals surface area contributed by atoms with Crippen LogP contribution in [0.5, 0.6) is 0 Å². The van der Waals surface area contributed by atoms with Crippen LogP contribution in [0.2, 0.25) is 0 Å². The Kier molecular flexibility index (Phi) is 6.03. The number of hydrogen-bond donors (Lipinski definition) is 2. The van der Waals surface area contributed by atoms with E-state index >= 15 is 0 Å². The van der Waals surface area contributed by atoms with Crippen LogP contribution in [-0.4, -0.2) is 48.5 Å². The van der Waals surface area contributed by atoms with E-state index < -0.39 is 12.0 Å². The number of ether oxygens (including phenoxy) is 1. The van der Waals surface area contributed by atoms with Gasteiger partial charge >= 0.3 is 12.0 Å². The predicted molar refractivity (Wildman–Crippen MR) is 79.9 cm³/mol. The maximum atomic E-state index is 12.3. The van der Waals surface area contributed by atoms with Gasteiger partial charge in [0.15, 0.2) is 6.61 Å². The molecular formula is C15H25N3O4. The second-order valence-corrected chi connectivity index (χ2v) is 6.04. The molecule has 2 rings (SSSR count). The van der Waals surface area contributed by atoms with Gasteiger partial charge in [0.25, 0.3) is 5.91 Å². The monoisotopic (exact) mass is 311 g/mol. The van der Waals surface area contributed by atoms with Crippen molar-refractivity contribution in [1.29, 1.82) is 0 Å². The van der Waals surface area contributed by atoms with Crippen molar-refractivity contribution < 1.29 is 19.1 Å². The van der Waals surface area contributed by atoms with Gasteiger partial charge in [0, 0.05) is 19.1 Å². The molecule has 22 heavy (non-hydrogen) atoms. The van der Waals surface area contributed by atoms with Gasteiger partial charge in [-0.3, -0.25) is 9.59 Å². The van der Waals surface area contributed by atoms with Crippen molar-refractivity contribution in [2.24, 2.45) is 11.7 Å². The average Bonchev–Trinajstić information content (AvgIpc) is 2.51. The minimum atomic E-state index is -0.680. The first kappa shape index (κ1) is 16.6. The molecule has 0 bridgehead atoms. The lowest BCUT2D eigenvalue weighted by atomic mass is 9.78. The molecule has 1 aliphatic carbocycles. The molecule has 2 atom stereocenters. The lowest BCUT2D eigenvalue weighted by Crippen LogP contribution is -2.50. The van der Waals surface area contributed by atoms with Crippen LogP contribution in [-0.2, 0) is 14.3 Å². The highest BCUT2D eigenvalue weighted by atomic mass is 16.5. The number of esters is 1. The number of rotatable bonds is 5. The van der Waals surface area contributed by atoms with Gasteiger partial charge in [0.2, 0.25) is 0 Å². The quantitative estimate of drug-likeness (QED) is 0.732. The summed E-state index contributed by atoms with van der Waals surface area (Å²) in [5.41, 5.74) is 4.90. The second kappa shape index (κ2) is 8.00. The van der Waals surface area contributed by atoms with Crippen LogP contribution in [0.25, 0.3) is 0 Å². The topological polar surface area (TPSA) is 102 Å². The molecule has 1 aliphatic heterocycles. The summed E-state index contributed by atoms with van der Waals surface area (Å²) in [4.78, 5) is 36.2. The third-order valence-corrected chi connectivity index (χ3v) is 4.55. The van der Waals surface area contributed by atoms with E-state index in [-0.39, 0.29) is 25.5 Å². The molecule has 0 aromatic heterocycles. The van der Waals surface area contributed by atoms with E-state index in [9.17, 15) is 14.4 Å². The fraction of sp³-hybridized carbons (Fsp3) is 0.800. The Morgan fingerprint density at radius 2 is 1.86 bits per heavy atom. The number of nitrogens with one attached hydrogen (secondary N) is 1. The summed E-state index contributed by atoms with van der Waals surface area (Å²) in [5, 5.41) is 2.31. The van der Waals surface area contributed by atoms with E-state index in [2.05, 4.69) is 5.32 Å². The zero-order chi connectivity index (χ0) is 15.9. The molecule has 7 heteroatoms. The van der Waals surface area contributed by atoms with Crippen LogP contribution in [0.1, 0.15) is 44.9 Å². The number of urea groups is 1. The molecule has 3 amide bonds. The van der Waals surface area contributed by atoms with Crippen molar-refractivity contribution in [2.75, 3.05) is 19.7 Å². The van der Waals surface area contributed by atoms with Crippen LogP contribution in [0, 0.1) is 5.92 Å². The maximum Gasteiger partial charge on any atom is 0.312 e. The van der Waals surface area contributed by atoms with Crippen LogP contribution < -0.4 is 11.1 Å². The Morgan fingerprint density at radius 3 is 2.64 bits per heavy atom. The molecule has 2 fully saturated rings. The number of nitrogens with zero attached hydrogens (tertiary/aromatic N) is 1. The summed E-state index contributed by atoms with van der Waals surface area (Å²) in [7, 11) is 0. The van der Waals surface area contributed by atoms with E-state index in [0.29, 0.717) is 12.0 Å². The SMILES string of the molecule is NC(=O)NCCC(=O)OCC(=O)N1CCC[C@H]2CCCC[C@@H]21. The van der Waals surface area contributed by atoms with Gasteiger partial charge in [0.05, 0.1) is 6.42 Å². The number of carbonyl (C=O) groups excluding carboxylic acids is 3. The number of hydrogen-bond acceptors (Lipinski definition) is 4. The number of nitrogens with two attached hydrogens (primary N) is 1. The molecule has 124 valence electrons. The van der Waals surface area contributed by atoms with Crippen molar-refractivity contribution in [3.8, 4) is 0 Å². The van der Waals surface area contributed by atoms with Crippen LogP contribution in [0.4, 0.5) is 4.79 Å². The Morgan fingerprint density at radius 1 is 1.14 bits per heavy atom. The largest absolute Gasteiger partial charge is 0.456 e. The summed E-state index contributed by atoms with van der Waals surface area (Å²) < 4.78 is 5.00. The van der Waals surface area contributed by atoms with Gasteiger partial charge in [-0.15, -0.1) is 0 Å². The second-order valence-electron chi connectivity index (χ2n) is 6.04. The lowest BCUT2D eigenvalue weighted by molar-refractivity contribution is -0.154. The number of likely N-dealkylation sites (tertiary alicyclic amines) is 1. The van der Waals surface area contributed by atoms with Crippen LogP contribution >= 0.6 is 0 Å². The Bertz CT molecular complexity index is 425. The zero-order valence-electron chi connectivity index (χ0n) is 12.9. The first-order chi connectivity index (χ1) is 10.6. The van der Waals surface area contributed by atoms with Gasteiger partial charge in [-0.05, 0) is 31.6 Å². The number of carbonyl (C=O) groups is 3. The highest BCUT2D eigenvalue weighted by Gasteiger charge is 2.35. The fourth-order valence-electron chi connectivity index (χ4n) is 3.52. The third-order valence-electron chi connectivity index (χ3n) is 4.55. The average molecular weight is 311 g/mol. The van der Waals surface area contributed by atoms with Crippen molar-refractivity contribution in [1.82, 2.24) is 10.2 Å². The standard InChI is InChI=1S/C15H25N3O4/c16-15(21)17-8-7-14(20)22-10-13(19)18-9-3-5-11-4-1-2-6-12(11)18/h11-12H,1-10H2,(H3,16,17,21)/t11-,12+/m1/s1. The van der Waals surface area contributed by atoms with Gasteiger partial charge in [-0.1, -0.05) is 12.8 Å². The van der Waals surface area contributed by atoms with Crippen molar-refractivity contribution in [3.63, 3.8) is 0 Å². The highest BCUT2D eigenvalue weighted by molar-refractivity contribution is 5.81. The summed E-state index contributed by atoms with van der Waals surface area (Å²) in [6.07, 6.45) is 6.94. The summed E-state index contributed by atoms with van der Waals surface area (Å²) in [6, 6.07) is -0.356. The van der Waals surface area contributed by atoms with E-state index in [0.717, 1.165) is 19.4 Å². The van der Waals surface area contributed by atoms with Crippen LogP contribution in [0.15, 0.2) is 0 Å². The summed E-state index contributed by atoms with van der Waals surface area (Å²) in [6.45, 7) is 0.677. The van der Waals surface area contributed by atoms with Crippen molar-refractivity contribution >= 4 is 17.9 Å². The molecule has 1 saturated carbocycles. The molecule has 2 aliphatic rings. The van der Waals surface area contributed by atoms with Crippen molar-refractivity contribution in [3.05, 3.63) is 0 Å². The van der Waals surface area contributed by atoms with E-state index in [1.165, 1.54) is 25.7 Å². The maximum absolute atomic E-state index is 12.3. The molecular weight excluding hydrogens is 286 g/mol. The smallest absolute Gasteiger partial charge is 0.312 e. The summed E-state index contributed by atoms with van der Waals surface area (Å²) in [5.74, 6) is 0.00836. The molecule has 3 N–H and O–H groups in total. The van der Waals surface area contributed by atoms with Gasteiger partial charge in [-0.2, -0.15) is 0 Å². The van der Waals surface area contributed by atoms with E-state index in [4.69, 9.17) is 10.5 Å². The minimum absolute atomic E-state index is 0.0161. The Balaban J connectivity index is 1.74. The molecule has 1 heterocycles. The number of primary amides is 1. The van der Waals surface area contributed by atoms with Crippen LogP contribution in [0.3, 0.4) is 0 Å². The van der Waals surface area contributed by atoms with E-state index in [1.54, 1.807) is 0 Å². The molecule has 0 aromatic carbocycles. The highest BCUT2D eigenvalue weighted by Crippen LogP contribution is 2.35.